The van der Waals surface area contributed by atoms with Crippen LogP contribution in [0.15, 0.2) is 77.8 Å². The van der Waals surface area contributed by atoms with Gasteiger partial charge in [-0.1, -0.05) is 48.5 Å². The van der Waals surface area contributed by atoms with E-state index >= 15 is 0 Å². The van der Waals surface area contributed by atoms with E-state index in [1.165, 1.54) is 26.9 Å². The van der Waals surface area contributed by atoms with Gasteiger partial charge < -0.3 is 19.2 Å². The first-order valence-electron chi connectivity index (χ1n) is 10.3. The minimum absolute atomic E-state index is 0.244. The first-order chi connectivity index (χ1) is 16.1. The summed E-state index contributed by atoms with van der Waals surface area (Å²) in [7, 11) is 4.56. The molecule has 0 radical (unpaired) electrons. The van der Waals surface area contributed by atoms with Gasteiger partial charge in [-0.15, -0.1) is 11.8 Å². The van der Waals surface area contributed by atoms with E-state index in [1.54, 1.807) is 30.1 Å². The highest BCUT2D eigenvalue weighted by Crippen LogP contribution is 2.39. The number of nitrogens with one attached hydrogen (secondary N) is 1. The summed E-state index contributed by atoms with van der Waals surface area (Å²) in [5.41, 5.74) is 2.90. The van der Waals surface area contributed by atoms with E-state index in [0.29, 0.717) is 34.3 Å². The van der Waals surface area contributed by atoms with Crippen LogP contribution in [0.1, 0.15) is 21.6 Å². The second-order valence-corrected chi connectivity index (χ2v) is 8.17. The maximum absolute atomic E-state index is 13.2. The summed E-state index contributed by atoms with van der Waals surface area (Å²) in [6, 6.07) is 21.6. The largest absolute Gasteiger partial charge is 0.493 e. The van der Waals surface area contributed by atoms with Crippen molar-refractivity contribution in [1.29, 1.82) is 0 Å². The molecule has 0 fully saturated rings. The molecule has 0 saturated heterocycles. The average Bonchev–Trinajstić information content (AvgIpc) is 3.37. The molecular weight excluding hydrogens is 436 g/mol. The molecule has 1 heterocycles. The molecule has 6 nitrogen and oxygen atoms in total. The summed E-state index contributed by atoms with van der Waals surface area (Å²) in [6.07, 6.45) is 1.62. The van der Waals surface area contributed by atoms with Crippen LogP contribution in [0.4, 0.5) is 0 Å². The standard InChI is InChI=1S/C26H24N2O4S/c1-30-21-13-18(14-22(31-2)25(21)32-3)24(29)20-15-27-26(28-20)19-11-7-8-12-23(19)33-16-17-9-5-4-6-10-17/h4-15H,16H2,1-3H3,(H,27,28). The maximum Gasteiger partial charge on any atom is 0.213 e. The number of aromatic nitrogens is 2. The van der Waals surface area contributed by atoms with Gasteiger partial charge in [0.25, 0.3) is 0 Å². The second kappa shape index (κ2) is 10.3. The van der Waals surface area contributed by atoms with Gasteiger partial charge in [-0.3, -0.25) is 4.79 Å². The smallest absolute Gasteiger partial charge is 0.213 e. The molecule has 0 atom stereocenters. The van der Waals surface area contributed by atoms with Gasteiger partial charge in [-0.25, -0.2) is 4.98 Å². The number of ether oxygens (including phenoxy) is 3. The molecule has 4 rings (SSSR count). The molecule has 7 heteroatoms. The summed E-state index contributed by atoms with van der Waals surface area (Å²) >= 11 is 1.73. The molecule has 1 aromatic heterocycles. The zero-order valence-electron chi connectivity index (χ0n) is 18.6. The van der Waals surface area contributed by atoms with Crippen molar-refractivity contribution in [3.63, 3.8) is 0 Å². The van der Waals surface area contributed by atoms with E-state index in [0.717, 1.165) is 16.2 Å². The number of hydrogen-bond donors (Lipinski definition) is 1. The van der Waals surface area contributed by atoms with Gasteiger partial charge in [0, 0.05) is 28.0 Å². The highest BCUT2D eigenvalue weighted by Gasteiger charge is 2.20. The van der Waals surface area contributed by atoms with Crippen molar-refractivity contribution in [2.24, 2.45) is 0 Å². The monoisotopic (exact) mass is 460 g/mol. The summed E-state index contributed by atoms with van der Waals surface area (Å²) in [5.74, 6) is 2.50. The van der Waals surface area contributed by atoms with Crippen LogP contribution in [-0.4, -0.2) is 37.1 Å². The van der Waals surface area contributed by atoms with E-state index in [2.05, 4.69) is 28.2 Å². The Morgan fingerprint density at radius 3 is 2.24 bits per heavy atom. The van der Waals surface area contributed by atoms with E-state index in [1.807, 2.05) is 36.4 Å². The fraction of sp³-hybridized carbons (Fsp3) is 0.154. The van der Waals surface area contributed by atoms with Gasteiger partial charge in [0.2, 0.25) is 11.5 Å². The van der Waals surface area contributed by atoms with Crippen LogP contribution in [0.5, 0.6) is 17.2 Å². The third-order valence-corrected chi connectivity index (χ3v) is 6.26. The summed E-state index contributed by atoms with van der Waals surface area (Å²) < 4.78 is 16.1. The Balaban J connectivity index is 1.61. The number of methoxy groups -OCH3 is 3. The number of imidazole rings is 1. The number of nitrogens with zero attached hydrogens (tertiary/aromatic N) is 1. The predicted octanol–water partition coefficient (Wildman–Crippen LogP) is 5.63. The second-order valence-electron chi connectivity index (χ2n) is 7.15. The Labute approximate surface area is 196 Å². The molecule has 0 aliphatic carbocycles. The zero-order valence-corrected chi connectivity index (χ0v) is 19.4. The van der Waals surface area contributed by atoms with Crippen LogP contribution >= 0.6 is 11.8 Å². The van der Waals surface area contributed by atoms with Gasteiger partial charge in [0.05, 0.1) is 21.3 Å². The van der Waals surface area contributed by atoms with E-state index < -0.39 is 0 Å². The number of aromatic amines is 1. The summed E-state index contributed by atoms with van der Waals surface area (Å²) in [5, 5.41) is 0. The fourth-order valence-electron chi connectivity index (χ4n) is 3.46. The molecule has 168 valence electrons. The van der Waals surface area contributed by atoms with Gasteiger partial charge in [-0.05, 0) is 23.8 Å². The number of carbonyl (C=O) groups excluding carboxylic acids is 1. The molecule has 0 aliphatic rings. The molecule has 0 saturated carbocycles. The maximum atomic E-state index is 13.2. The van der Waals surface area contributed by atoms with Gasteiger partial charge >= 0.3 is 0 Å². The van der Waals surface area contributed by atoms with Crippen LogP contribution in [0, 0.1) is 0 Å². The van der Waals surface area contributed by atoms with Crippen LogP contribution < -0.4 is 14.2 Å². The third-order valence-electron chi connectivity index (χ3n) is 5.12. The van der Waals surface area contributed by atoms with Crippen molar-refractivity contribution in [1.82, 2.24) is 9.97 Å². The van der Waals surface area contributed by atoms with E-state index in [9.17, 15) is 4.79 Å². The molecular formula is C26H24N2O4S. The Kier molecular flexibility index (Phi) is 7.00. The van der Waals surface area contributed by atoms with Crippen molar-refractivity contribution >= 4 is 17.5 Å². The first kappa shape index (κ1) is 22.5. The molecule has 0 amide bonds. The van der Waals surface area contributed by atoms with Crippen LogP contribution in [-0.2, 0) is 5.75 Å². The SMILES string of the molecule is COc1cc(C(=O)c2c[nH]c(-c3ccccc3SCc3ccccc3)n2)cc(OC)c1OC. The number of hydrogen-bond acceptors (Lipinski definition) is 6. The van der Waals surface area contributed by atoms with Crippen molar-refractivity contribution < 1.29 is 19.0 Å². The quantitative estimate of drug-likeness (QED) is 0.258. The molecule has 0 unspecified atom stereocenters. The van der Waals surface area contributed by atoms with E-state index in [-0.39, 0.29) is 5.78 Å². The molecule has 33 heavy (non-hydrogen) atoms. The van der Waals surface area contributed by atoms with Gasteiger partial charge in [0.1, 0.15) is 11.5 Å². The van der Waals surface area contributed by atoms with Crippen LogP contribution in [0.2, 0.25) is 0 Å². The third kappa shape index (κ3) is 4.88. The Morgan fingerprint density at radius 1 is 0.909 bits per heavy atom. The average molecular weight is 461 g/mol. The number of thioether (sulfide) groups is 1. The number of carbonyl (C=O) groups is 1. The van der Waals surface area contributed by atoms with Gasteiger partial charge in [0.15, 0.2) is 11.5 Å². The van der Waals surface area contributed by atoms with Crippen LogP contribution in [0.25, 0.3) is 11.4 Å². The van der Waals surface area contributed by atoms with Crippen LogP contribution in [0.3, 0.4) is 0 Å². The fourth-order valence-corrected chi connectivity index (χ4v) is 4.47. The van der Waals surface area contributed by atoms with Crippen molar-refractivity contribution in [3.8, 4) is 28.6 Å². The molecule has 0 spiro atoms. The predicted molar refractivity (Wildman–Crippen MR) is 130 cm³/mol. The molecule has 4 aromatic rings. The highest BCUT2D eigenvalue weighted by atomic mass is 32.2. The number of ketones is 1. The first-order valence-corrected chi connectivity index (χ1v) is 11.3. The number of benzene rings is 3. The molecule has 1 N–H and O–H groups in total. The van der Waals surface area contributed by atoms with Gasteiger partial charge in [-0.2, -0.15) is 0 Å². The number of H-pyrrole nitrogens is 1. The summed E-state index contributed by atoms with van der Waals surface area (Å²) in [6.45, 7) is 0. The molecule has 0 bridgehead atoms. The van der Waals surface area contributed by atoms with E-state index in [4.69, 9.17) is 14.2 Å². The lowest BCUT2D eigenvalue weighted by atomic mass is 10.1. The lowest BCUT2D eigenvalue weighted by Crippen LogP contribution is -2.04. The minimum Gasteiger partial charge on any atom is -0.493 e. The van der Waals surface area contributed by atoms with Crippen molar-refractivity contribution in [2.75, 3.05) is 21.3 Å². The number of rotatable bonds is 9. The molecule has 3 aromatic carbocycles. The summed E-state index contributed by atoms with van der Waals surface area (Å²) in [4.78, 5) is 22.0. The lowest BCUT2D eigenvalue weighted by Gasteiger charge is -2.13. The normalized spacial score (nSPS) is 10.6. The Bertz CT molecular complexity index is 1230. The lowest BCUT2D eigenvalue weighted by molar-refractivity contribution is 0.103. The zero-order chi connectivity index (χ0) is 23.2. The van der Waals surface area contributed by atoms with Crippen molar-refractivity contribution in [3.05, 3.63) is 89.7 Å². The Morgan fingerprint density at radius 2 is 1.58 bits per heavy atom. The topological polar surface area (TPSA) is 73.4 Å². The molecule has 0 aliphatic heterocycles. The minimum atomic E-state index is -0.244. The van der Waals surface area contributed by atoms with Crippen molar-refractivity contribution in [2.45, 2.75) is 10.6 Å². The highest BCUT2D eigenvalue weighted by molar-refractivity contribution is 7.98. The Hall–Kier alpha value is -3.71.